The van der Waals surface area contributed by atoms with Crippen LogP contribution in [0.5, 0.6) is 0 Å². The summed E-state index contributed by atoms with van der Waals surface area (Å²) in [7, 11) is 0. The van der Waals surface area contributed by atoms with Crippen molar-refractivity contribution in [1.82, 2.24) is 15.6 Å². The molecule has 2 rings (SSSR count). The number of pyridine rings is 1. The Morgan fingerprint density at radius 1 is 1.10 bits per heavy atom. The molecule has 29 heavy (non-hydrogen) atoms. The number of aromatic nitrogens is 1. The Hall–Kier alpha value is -2.94. The van der Waals surface area contributed by atoms with Crippen molar-refractivity contribution in [2.45, 2.75) is 64.1 Å². The Balaban J connectivity index is 2.43. The molecule has 0 unspecified atom stereocenters. The Bertz CT molecular complexity index is 876. The Morgan fingerprint density at radius 2 is 1.79 bits per heavy atom. The van der Waals surface area contributed by atoms with Gasteiger partial charge in [0.2, 0.25) is 11.8 Å². The van der Waals surface area contributed by atoms with E-state index in [1.165, 1.54) is 25.1 Å². The van der Waals surface area contributed by atoms with Crippen LogP contribution in [0.15, 0.2) is 23.0 Å². The van der Waals surface area contributed by atoms with Crippen molar-refractivity contribution in [3.63, 3.8) is 0 Å². The van der Waals surface area contributed by atoms with Crippen LogP contribution in [0.1, 0.15) is 50.3 Å². The number of hydrogen-bond donors (Lipinski definition) is 5. The topological polar surface area (TPSA) is 154 Å². The fourth-order valence-corrected chi connectivity index (χ4v) is 3.26. The molecule has 1 aliphatic rings. The summed E-state index contributed by atoms with van der Waals surface area (Å²) in [6, 6.07) is 0.337. The van der Waals surface area contributed by atoms with Gasteiger partial charge in [-0.15, -0.1) is 0 Å². The van der Waals surface area contributed by atoms with Crippen molar-refractivity contribution < 1.29 is 19.5 Å². The average Bonchev–Trinajstić information content (AvgIpc) is 2.62. The predicted octanol–water partition coefficient (Wildman–Crippen LogP) is 0.0286. The smallest absolute Gasteiger partial charge is 0.254 e. The summed E-state index contributed by atoms with van der Waals surface area (Å²) in [5, 5.41) is 15.3. The summed E-state index contributed by atoms with van der Waals surface area (Å²) >= 11 is 0. The van der Waals surface area contributed by atoms with E-state index in [1.54, 1.807) is 13.8 Å². The first-order valence-corrected chi connectivity index (χ1v) is 9.57. The molecule has 1 aromatic rings. The molecule has 0 spiro atoms. The van der Waals surface area contributed by atoms with Gasteiger partial charge in [0.05, 0.1) is 23.6 Å². The van der Waals surface area contributed by atoms with Gasteiger partial charge in [0.15, 0.2) is 5.78 Å². The maximum atomic E-state index is 12.9. The number of hydrogen-bond acceptors (Lipinski definition) is 6. The highest BCUT2D eigenvalue weighted by molar-refractivity contribution is 5.96. The predicted molar refractivity (Wildman–Crippen MR) is 108 cm³/mol. The molecular formula is C20H28N4O5. The zero-order valence-corrected chi connectivity index (χ0v) is 16.8. The summed E-state index contributed by atoms with van der Waals surface area (Å²) in [5.41, 5.74) is 6.18. The van der Waals surface area contributed by atoms with E-state index in [-0.39, 0.29) is 23.7 Å². The van der Waals surface area contributed by atoms with Crippen LogP contribution in [0.2, 0.25) is 0 Å². The average molecular weight is 404 g/mol. The van der Waals surface area contributed by atoms with Crippen LogP contribution in [-0.2, 0) is 14.4 Å². The van der Waals surface area contributed by atoms with Crippen LogP contribution in [0.3, 0.4) is 0 Å². The molecule has 0 saturated heterocycles. The Morgan fingerprint density at radius 3 is 2.45 bits per heavy atom. The van der Waals surface area contributed by atoms with E-state index in [0.717, 1.165) is 0 Å². The molecule has 1 aliphatic heterocycles. The highest BCUT2D eigenvalue weighted by Crippen LogP contribution is 2.24. The van der Waals surface area contributed by atoms with E-state index in [0.29, 0.717) is 18.5 Å². The van der Waals surface area contributed by atoms with Gasteiger partial charge in [-0.1, -0.05) is 6.08 Å². The van der Waals surface area contributed by atoms with E-state index in [4.69, 9.17) is 5.73 Å². The van der Waals surface area contributed by atoms with Crippen LogP contribution in [-0.4, -0.2) is 45.9 Å². The molecule has 9 heteroatoms. The summed E-state index contributed by atoms with van der Waals surface area (Å²) in [5.74, 6) is -2.55. The number of rotatable bonds is 1. The van der Waals surface area contributed by atoms with Crippen molar-refractivity contribution >= 4 is 23.3 Å². The summed E-state index contributed by atoms with van der Waals surface area (Å²) in [6.45, 7) is 4.92. The number of carbonyl (C=O) groups excluding carboxylic acids is 3. The lowest BCUT2D eigenvalue weighted by Gasteiger charge is -2.23. The first-order chi connectivity index (χ1) is 13.6. The van der Waals surface area contributed by atoms with Crippen molar-refractivity contribution in [3.8, 4) is 0 Å². The minimum absolute atomic E-state index is 0.0270. The van der Waals surface area contributed by atoms with Crippen LogP contribution in [0.25, 0.3) is 0 Å². The molecule has 0 fully saturated rings. The molecule has 0 bridgehead atoms. The van der Waals surface area contributed by atoms with Gasteiger partial charge in [0, 0.05) is 29.9 Å². The van der Waals surface area contributed by atoms with E-state index >= 15 is 0 Å². The normalized spacial score (nSPS) is 27.1. The fraction of sp³-hybridized carbons (Fsp3) is 0.500. The van der Waals surface area contributed by atoms with Crippen LogP contribution in [0.4, 0.5) is 5.69 Å². The van der Waals surface area contributed by atoms with Crippen LogP contribution in [0, 0.1) is 6.92 Å². The summed E-state index contributed by atoms with van der Waals surface area (Å²) in [4.78, 5) is 52.7. The highest BCUT2D eigenvalue weighted by Gasteiger charge is 2.31. The summed E-state index contributed by atoms with van der Waals surface area (Å²) in [6.07, 6.45) is 2.15. The molecular weight excluding hydrogens is 376 g/mol. The summed E-state index contributed by atoms with van der Waals surface area (Å²) < 4.78 is 0. The van der Waals surface area contributed by atoms with E-state index in [2.05, 4.69) is 15.6 Å². The zero-order chi connectivity index (χ0) is 21.7. The number of aliphatic hydroxyl groups is 1. The number of nitrogens with two attached hydrogens (primary N) is 1. The van der Waals surface area contributed by atoms with Gasteiger partial charge in [-0.05, 0) is 39.7 Å². The largest absolute Gasteiger partial charge is 0.398 e. The molecule has 0 aliphatic carbocycles. The van der Waals surface area contributed by atoms with E-state index in [1.807, 2.05) is 0 Å². The minimum Gasteiger partial charge on any atom is -0.398 e. The maximum Gasteiger partial charge on any atom is 0.254 e. The van der Waals surface area contributed by atoms with Crippen molar-refractivity contribution in [3.05, 3.63) is 39.8 Å². The number of ketones is 1. The van der Waals surface area contributed by atoms with Crippen molar-refractivity contribution in [1.29, 1.82) is 0 Å². The third-order valence-electron chi connectivity index (χ3n) is 4.90. The standard InChI is InChI=1S/C20H28N4O5/c1-10-4-5-13(25)6-7-17(27)24-12(3)16(26)9-14(19(28)22-10)18-15(21)8-11(2)23-20(18)29/h6-8,10,12-14,25H,4-5,9H2,1-3H3,(H,22,28)(H,24,27)(H3,21,23,29)/t10-,12-,13-,14-/m0/s1. The molecule has 0 saturated carbocycles. The molecule has 1 aromatic heterocycles. The van der Waals surface area contributed by atoms with Gasteiger partial charge in [-0.3, -0.25) is 19.2 Å². The lowest BCUT2D eigenvalue weighted by molar-refractivity contribution is -0.129. The molecule has 4 atom stereocenters. The minimum atomic E-state index is -1.10. The molecule has 0 aromatic carbocycles. The molecule has 158 valence electrons. The SMILES string of the molecule is Cc1cc(N)c([C@@H]2CC(=O)[C@H](C)NC(=O)C=C[C@@H](O)CC[C@H](C)NC2=O)c(=O)[nH]1. The second kappa shape index (κ2) is 9.51. The Labute approximate surface area is 168 Å². The highest BCUT2D eigenvalue weighted by atomic mass is 16.3. The number of H-pyrrole nitrogens is 1. The number of nitrogens with one attached hydrogen (secondary N) is 3. The first-order valence-electron chi connectivity index (χ1n) is 9.57. The number of aromatic amines is 1. The Kier molecular flexibility index (Phi) is 7.33. The van der Waals surface area contributed by atoms with Gasteiger partial charge in [0.1, 0.15) is 0 Å². The van der Waals surface area contributed by atoms with E-state index in [9.17, 15) is 24.3 Å². The van der Waals surface area contributed by atoms with Gasteiger partial charge in [-0.2, -0.15) is 0 Å². The maximum absolute atomic E-state index is 12.9. The number of Topliss-reactive ketones (excluding diaryl/α,β-unsaturated/α-hetero) is 1. The van der Waals surface area contributed by atoms with Gasteiger partial charge < -0.3 is 26.5 Å². The number of aryl methyl sites for hydroxylation is 1. The number of aliphatic hydroxyl groups excluding tert-OH is 1. The number of amides is 2. The lowest BCUT2D eigenvalue weighted by atomic mass is 9.90. The fourth-order valence-electron chi connectivity index (χ4n) is 3.26. The number of carbonyl (C=O) groups is 3. The van der Waals surface area contributed by atoms with Gasteiger partial charge >= 0.3 is 0 Å². The molecule has 2 amide bonds. The third-order valence-corrected chi connectivity index (χ3v) is 4.90. The van der Waals surface area contributed by atoms with Crippen molar-refractivity contribution in [2.75, 3.05) is 5.73 Å². The molecule has 0 radical (unpaired) electrons. The molecule has 6 N–H and O–H groups in total. The molecule has 2 heterocycles. The zero-order valence-electron chi connectivity index (χ0n) is 16.8. The van der Waals surface area contributed by atoms with Crippen LogP contribution >= 0.6 is 0 Å². The monoisotopic (exact) mass is 404 g/mol. The quantitative estimate of drug-likeness (QED) is 0.445. The lowest BCUT2D eigenvalue weighted by Crippen LogP contribution is -2.43. The number of anilines is 1. The molecule has 9 nitrogen and oxygen atoms in total. The second-order valence-electron chi connectivity index (χ2n) is 7.52. The number of nitrogen functional groups attached to an aromatic ring is 1. The van der Waals surface area contributed by atoms with Crippen molar-refractivity contribution in [2.24, 2.45) is 0 Å². The van der Waals surface area contributed by atoms with Gasteiger partial charge in [0.25, 0.3) is 5.56 Å². The third kappa shape index (κ3) is 6.02. The van der Waals surface area contributed by atoms with Crippen LogP contribution < -0.4 is 21.9 Å². The van der Waals surface area contributed by atoms with Gasteiger partial charge in [-0.25, -0.2) is 0 Å². The van der Waals surface area contributed by atoms with E-state index < -0.39 is 41.2 Å². The second-order valence-corrected chi connectivity index (χ2v) is 7.52. The first kappa shape index (κ1) is 22.4.